The quantitative estimate of drug-likeness (QED) is 0.415. The molecule has 0 amide bonds. The smallest absolute Gasteiger partial charge is 0.277 e. The van der Waals surface area contributed by atoms with Crippen LogP contribution in [0.15, 0.2) is 11.1 Å². The van der Waals surface area contributed by atoms with Gasteiger partial charge >= 0.3 is 0 Å². The lowest BCUT2D eigenvalue weighted by molar-refractivity contribution is -0.0252. The zero-order valence-corrected chi connectivity index (χ0v) is 9.65. The summed E-state index contributed by atoms with van der Waals surface area (Å²) < 4.78 is 5.28. The van der Waals surface area contributed by atoms with Gasteiger partial charge in [0.25, 0.3) is 5.56 Å². The predicted octanol–water partition coefficient (Wildman–Crippen LogP) is -2.20. The maximum Gasteiger partial charge on any atom is 0.277 e. The predicted molar refractivity (Wildman–Crippen MR) is 61.2 cm³/mol. The number of aromatic nitrogens is 4. The van der Waals surface area contributed by atoms with E-state index in [1.54, 1.807) is 0 Å². The number of hydrogen-bond donors (Lipinski definition) is 5. The molecular weight excluding hydrogens is 256 g/mol. The van der Waals surface area contributed by atoms with Crippen molar-refractivity contribution in [1.29, 1.82) is 0 Å². The van der Waals surface area contributed by atoms with E-state index in [1.165, 1.54) is 6.33 Å². The van der Waals surface area contributed by atoms with Gasteiger partial charge in [-0.3, -0.25) is 4.79 Å². The molecule has 102 valence electrons. The van der Waals surface area contributed by atoms with Crippen LogP contribution in [-0.2, 0) is 4.74 Å². The van der Waals surface area contributed by atoms with Crippen LogP contribution in [0.3, 0.4) is 0 Å². The standard InChI is InChI=1S/C10H12N4O5/c15-1-3-5(16)6(17)7(19-3)9-13-8-4(10(18)14-9)11-2-12-8/h2-3,5-7,15-17H,1H2,(H2,11,12,13,14,18)/t3-,5-,6+,7?/m1/s1. The van der Waals surface area contributed by atoms with Crippen molar-refractivity contribution in [2.45, 2.75) is 24.4 Å². The van der Waals surface area contributed by atoms with E-state index in [0.29, 0.717) is 0 Å². The van der Waals surface area contributed by atoms with Gasteiger partial charge in [-0.05, 0) is 0 Å². The van der Waals surface area contributed by atoms with E-state index in [0.717, 1.165) is 0 Å². The minimum atomic E-state index is -1.28. The molecule has 0 aromatic carbocycles. The number of rotatable bonds is 2. The molecule has 2 aromatic heterocycles. The van der Waals surface area contributed by atoms with Crippen LogP contribution in [-0.4, -0.2) is 60.2 Å². The monoisotopic (exact) mass is 268 g/mol. The van der Waals surface area contributed by atoms with Crippen LogP contribution in [0.25, 0.3) is 11.2 Å². The second kappa shape index (κ2) is 4.38. The van der Waals surface area contributed by atoms with Crippen LogP contribution in [0.2, 0.25) is 0 Å². The average Bonchev–Trinajstić information content (AvgIpc) is 2.96. The van der Waals surface area contributed by atoms with Crippen molar-refractivity contribution in [2.75, 3.05) is 6.61 Å². The van der Waals surface area contributed by atoms with Crippen molar-refractivity contribution in [2.24, 2.45) is 0 Å². The summed E-state index contributed by atoms with van der Waals surface area (Å²) >= 11 is 0. The summed E-state index contributed by atoms with van der Waals surface area (Å²) in [6.07, 6.45) is -3.12. The number of ether oxygens (including phenoxy) is 1. The Balaban J connectivity index is 2.03. The van der Waals surface area contributed by atoms with Crippen molar-refractivity contribution < 1.29 is 20.1 Å². The number of nitrogens with zero attached hydrogens (tertiary/aromatic N) is 2. The fourth-order valence-corrected chi connectivity index (χ4v) is 2.12. The molecule has 2 aromatic rings. The Bertz CT molecular complexity index is 653. The van der Waals surface area contributed by atoms with Gasteiger partial charge in [0.05, 0.1) is 12.9 Å². The lowest BCUT2D eigenvalue weighted by Gasteiger charge is -2.13. The zero-order chi connectivity index (χ0) is 13.6. The second-order valence-electron chi connectivity index (χ2n) is 4.31. The number of aliphatic hydroxyl groups is 3. The molecule has 0 radical (unpaired) electrons. The highest BCUT2D eigenvalue weighted by molar-refractivity contribution is 5.68. The molecule has 4 atom stereocenters. The number of aliphatic hydroxyl groups excluding tert-OH is 3. The third-order valence-electron chi connectivity index (χ3n) is 3.13. The SMILES string of the molecule is O=c1[nH]c(C2O[C@H](CO)[C@@H](O)[C@@H]2O)nc2nc[nH]c12. The Morgan fingerprint density at radius 2 is 2.16 bits per heavy atom. The van der Waals surface area contributed by atoms with E-state index in [9.17, 15) is 15.0 Å². The Morgan fingerprint density at radius 3 is 2.84 bits per heavy atom. The number of aromatic amines is 2. The van der Waals surface area contributed by atoms with Gasteiger partial charge in [0.2, 0.25) is 0 Å². The molecular formula is C10H12N4O5. The molecule has 9 heteroatoms. The van der Waals surface area contributed by atoms with E-state index in [1.807, 2.05) is 0 Å². The molecule has 1 aliphatic rings. The molecule has 0 spiro atoms. The third-order valence-corrected chi connectivity index (χ3v) is 3.13. The number of imidazole rings is 1. The number of fused-ring (bicyclic) bond motifs is 1. The largest absolute Gasteiger partial charge is 0.394 e. The zero-order valence-electron chi connectivity index (χ0n) is 9.65. The first kappa shape index (κ1) is 12.2. The fraction of sp³-hybridized carbons (Fsp3) is 0.500. The lowest BCUT2D eigenvalue weighted by Crippen LogP contribution is -2.32. The van der Waals surface area contributed by atoms with E-state index in [-0.39, 0.29) is 17.0 Å². The maximum atomic E-state index is 11.7. The summed E-state index contributed by atoms with van der Waals surface area (Å²) in [5.41, 5.74) is -0.0396. The molecule has 1 fully saturated rings. The number of nitrogens with one attached hydrogen (secondary N) is 2. The summed E-state index contributed by atoms with van der Waals surface area (Å²) in [5, 5.41) is 28.5. The first-order chi connectivity index (χ1) is 9.11. The Kier molecular flexibility index (Phi) is 2.82. The topological polar surface area (TPSA) is 144 Å². The summed E-state index contributed by atoms with van der Waals surface area (Å²) in [5.74, 6) is 0.0621. The Hall–Kier alpha value is -1.81. The molecule has 5 N–H and O–H groups in total. The molecule has 9 nitrogen and oxygen atoms in total. The highest BCUT2D eigenvalue weighted by atomic mass is 16.6. The summed E-state index contributed by atoms with van der Waals surface area (Å²) in [6.45, 7) is -0.441. The molecule has 0 aliphatic carbocycles. The maximum absolute atomic E-state index is 11.7. The van der Waals surface area contributed by atoms with E-state index < -0.39 is 36.6 Å². The molecule has 3 heterocycles. The van der Waals surface area contributed by atoms with Gasteiger partial charge in [-0.1, -0.05) is 0 Å². The van der Waals surface area contributed by atoms with E-state index >= 15 is 0 Å². The van der Waals surface area contributed by atoms with Crippen molar-refractivity contribution in [3.63, 3.8) is 0 Å². The number of H-pyrrole nitrogens is 2. The molecule has 1 aliphatic heterocycles. The van der Waals surface area contributed by atoms with Crippen LogP contribution < -0.4 is 5.56 Å². The van der Waals surface area contributed by atoms with E-state index in [4.69, 9.17) is 9.84 Å². The van der Waals surface area contributed by atoms with Gasteiger partial charge < -0.3 is 30.0 Å². The first-order valence-electron chi connectivity index (χ1n) is 5.67. The summed E-state index contributed by atoms with van der Waals surface area (Å²) in [6, 6.07) is 0. The molecule has 1 unspecified atom stereocenters. The van der Waals surface area contributed by atoms with Gasteiger partial charge in [-0.15, -0.1) is 0 Å². The molecule has 1 saturated heterocycles. The van der Waals surface area contributed by atoms with E-state index in [2.05, 4.69) is 19.9 Å². The Labute approximate surface area is 105 Å². The Morgan fingerprint density at radius 1 is 1.37 bits per heavy atom. The first-order valence-corrected chi connectivity index (χ1v) is 5.67. The molecule has 0 saturated carbocycles. The third kappa shape index (κ3) is 1.83. The van der Waals surface area contributed by atoms with Gasteiger partial charge in [-0.2, -0.15) is 0 Å². The second-order valence-corrected chi connectivity index (χ2v) is 4.31. The van der Waals surface area contributed by atoms with Crippen molar-refractivity contribution in [3.8, 4) is 0 Å². The van der Waals surface area contributed by atoms with Gasteiger partial charge in [-0.25, -0.2) is 9.97 Å². The van der Waals surface area contributed by atoms with Gasteiger partial charge in [0.1, 0.15) is 30.2 Å². The molecule has 0 bridgehead atoms. The van der Waals surface area contributed by atoms with Crippen molar-refractivity contribution in [3.05, 3.63) is 22.5 Å². The normalized spacial score (nSPS) is 31.1. The molecule has 3 rings (SSSR count). The highest BCUT2D eigenvalue weighted by Crippen LogP contribution is 2.31. The van der Waals surface area contributed by atoms with Crippen LogP contribution in [0.1, 0.15) is 11.9 Å². The lowest BCUT2D eigenvalue weighted by atomic mass is 10.1. The summed E-state index contributed by atoms with van der Waals surface area (Å²) in [7, 11) is 0. The van der Waals surface area contributed by atoms with Crippen LogP contribution in [0, 0.1) is 0 Å². The fourth-order valence-electron chi connectivity index (χ4n) is 2.12. The summed E-state index contributed by atoms with van der Waals surface area (Å²) in [4.78, 5) is 24.7. The van der Waals surface area contributed by atoms with Crippen molar-refractivity contribution >= 4 is 11.2 Å². The molecule has 19 heavy (non-hydrogen) atoms. The van der Waals surface area contributed by atoms with Gasteiger partial charge in [0, 0.05) is 0 Å². The minimum absolute atomic E-state index is 0.0621. The minimum Gasteiger partial charge on any atom is -0.394 e. The number of hydrogen-bond acceptors (Lipinski definition) is 7. The highest BCUT2D eigenvalue weighted by Gasteiger charge is 2.44. The van der Waals surface area contributed by atoms with Crippen LogP contribution >= 0.6 is 0 Å². The average molecular weight is 268 g/mol. The van der Waals surface area contributed by atoms with Crippen molar-refractivity contribution in [1.82, 2.24) is 19.9 Å². The van der Waals surface area contributed by atoms with Crippen LogP contribution in [0.5, 0.6) is 0 Å². The van der Waals surface area contributed by atoms with Gasteiger partial charge in [0.15, 0.2) is 11.2 Å². The van der Waals surface area contributed by atoms with Crippen LogP contribution in [0.4, 0.5) is 0 Å².